The molecule has 1 fully saturated rings. The first-order valence-electron chi connectivity index (χ1n) is 11.3. The molecule has 0 saturated carbocycles. The van der Waals surface area contributed by atoms with Gasteiger partial charge in [0, 0.05) is 19.0 Å². The van der Waals surface area contributed by atoms with Crippen LogP contribution in [0.5, 0.6) is 0 Å². The number of benzene rings is 1. The molecule has 9 nitrogen and oxygen atoms in total. The number of hydrogen-bond acceptors (Lipinski definition) is 6. The molecule has 3 aromatic rings. The molecule has 0 radical (unpaired) electrons. The monoisotopic (exact) mass is 473 g/mol. The van der Waals surface area contributed by atoms with E-state index in [-0.39, 0.29) is 41.6 Å². The van der Waals surface area contributed by atoms with Crippen molar-refractivity contribution in [2.45, 2.75) is 57.9 Å². The van der Waals surface area contributed by atoms with Gasteiger partial charge in [0.25, 0.3) is 0 Å². The standard InChI is InChI=1S/C23H31N5O4S/c1-14(2)13-20(22-24-18-7-5-6-8-19(18)25-22)26-23(29)17-9-11-28(12-10-17)33(30,31)21-15(3)27-32-16(21)4/h5-8,14,17,20H,9-13H2,1-4H3,(H,24,25)(H,26,29). The number of rotatable bonds is 7. The van der Waals surface area contributed by atoms with Gasteiger partial charge in [-0.2, -0.15) is 4.31 Å². The predicted molar refractivity (Wildman–Crippen MR) is 124 cm³/mol. The van der Waals surface area contributed by atoms with Crippen molar-refractivity contribution in [3.8, 4) is 0 Å². The Morgan fingerprint density at radius 2 is 1.94 bits per heavy atom. The molecule has 178 valence electrons. The first-order chi connectivity index (χ1) is 15.7. The van der Waals surface area contributed by atoms with Crippen LogP contribution in [0.15, 0.2) is 33.7 Å². The Labute approximate surface area is 194 Å². The molecule has 1 saturated heterocycles. The lowest BCUT2D eigenvalue weighted by Crippen LogP contribution is -2.44. The van der Waals surface area contributed by atoms with Crippen LogP contribution >= 0.6 is 0 Å². The summed E-state index contributed by atoms with van der Waals surface area (Å²) in [6.45, 7) is 8.00. The maximum absolute atomic E-state index is 13.1. The van der Waals surface area contributed by atoms with Crippen molar-refractivity contribution in [3.63, 3.8) is 0 Å². The summed E-state index contributed by atoms with van der Waals surface area (Å²) in [6, 6.07) is 7.57. The molecule has 0 spiro atoms. The Bertz CT molecular complexity index is 1190. The topological polar surface area (TPSA) is 121 Å². The van der Waals surface area contributed by atoms with E-state index in [1.54, 1.807) is 13.8 Å². The second-order valence-electron chi connectivity index (χ2n) is 9.16. The Balaban J connectivity index is 1.44. The Hall–Kier alpha value is -2.72. The predicted octanol–water partition coefficient (Wildman–Crippen LogP) is 3.47. The fraction of sp³-hybridized carbons (Fsp3) is 0.522. The van der Waals surface area contributed by atoms with E-state index in [0.29, 0.717) is 24.5 Å². The van der Waals surface area contributed by atoms with E-state index in [9.17, 15) is 13.2 Å². The molecule has 0 aliphatic carbocycles. The number of amides is 1. The number of aryl methyl sites for hydroxylation is 2. The van der Waals surface area contributed by atoms with Crippen LogP contribution in [-0.2, 0) is 14.8 Å². The number of nitrogens with one attached hydrogen (secondary N) is 2. The molecule has 0 bridgehead atoms. The lowest BCUT2D eigenvalue weighted by atomic mass is 9.95. The molecule has 10 heteroatoms. The van der Waals surface area contributed by atoms with Gasteiger partial charge in [0.1, 0.15) is 16.4 Å². The molecule has 2 N–H and O–H groups in total. The third-order valence-electron chi connectivity index (χ3n) is 6.15. The van der Waals surface area contributed by atoms with E-state index in [1.807, 2.05) is 24.3 Å². The average molecular weight is 474 g/mol. The van der Waals surface area contributed by atoms with Gasteiger partial charge in [-0.15, -0.1) is 0 Å². The van der Waals surface area contributed by atoms with E-state index >= 15 is 0 Å². The smallest absolute Gasteiger partial charge is 0.248 e. The summed E-state index contributed by atoms with van der Waals surface area (Å²) in [7, 11) is -3.70. The van der Waals surface area contributed by atoms with Crippen LogP contribution in [0, 0.1) is 25.7 Å². The van der Waals surface area contributed by atoms with Crippen LogP contribution in [0.4, 0.5) is 0 Å². The first-order valence-corrected chi connectivity index (χ1v) is 12.8. The van der Waals surface area contributed by atoms with Gasteiger partial charge in [-0.25, -0.2) is 13.4 Å². The molecule has 1 atom stereocenters. The quantitative estimate of drug-likeness (QED) is 0.542. The number of nitrogens with zero attached hydrogens (tertiary/aromatic N) is 3. The average Bonchev–Trinajstić information content (AvgIpc) is 3.36. The van der Waals surface area contributed by atoms with Gasteiger partial charge in [-0.1, -0.05) is 31.1 Å². The van der Waals surface area contributed by atoms with Gasteiger partial charge < -0.3 is 14.8 Å². The second-order valence-corrected chi connectivity index (χ2v) is 11.0. The van der Waals surface area contributed by atoms with Gasteiger partial charge in [0.05, 0.1) is 17.1 Å². The number of carbonyl (C=O) groups excluding carboxylic acids is 1. The van der Waals surface area contributed by atoms with E-state index in [1.165, 1.54) is 4.31 Å². The highest BCUT2D eigenvalue weighted by Crippen LogP contribution is 2.29. The molecule has 1 aromatic carbocycles. The molecule has 1 aliphatic heterocycles. The molecule has 1 unspecified atom stereocenters. The molecule has 3 heterocycles. The van der Waals surface area contributed by atoms with Crippen LogP contribution in [0.25, 0.3) is 11.0 Å². The van der Waals surface area contributed by atoms with Gasteiger partial charge in [-0.3, -0.25) is 4.79 Å². The summed E-state index contributed by atoms with van der Waals surface area (Å²) in [5, 5.41) is 6.94. The zero-order chi connectivity index (χ0) is 23.8. The third kappa shape index (κ3) is 4.81. The van der Waals surface area contributed by atoms with Gasteiger partial charge in [0.2, 0.25) is 15.9 Å². The summed E-state index contributed by atoms with van der Waals surface area (Å²) in [5.41, 5.74) is 2.16. The van der Waals surface area contributed by atoms with Crippen LogP contribution in [0.2, 0.25) is 0 Å². The zero-order valence-electron chi connectivity index (χ0n) is 19.5. The van der Waals surface area contributed by atoms with Crippen molar-refractivity contribution >= 4 is 27.0 Å². The summed E-state index contributed by atoms with van der Waals surface area (Å²) in [6.07, 6.45) is 1.68. The molecule has 1 amide bonds. The van der Waals surface area contributed by atoms with E-state index < -0.39 is 10.0 Å². The molecule has 4 rings (SSSR count). The van der Waals surface area contributed by atoms with Crippen molar-refractivity contribution in [1.29, 1.82) is 0 Å². The van der Waals surface area contributed by atoms with Crippen LogP contribution < -0.4 is 5.32 Å². The third-order valence-corrected chi connectivity index (χ3v) is 8.30. The number of para-hydroxylation sites is 2. The molecular formula is C23H31N5O4S. The highest BCUT2D eigenvalue weighted by Gasteiger charge is 2.36. The maximum Gasteiger partial charge on any atom is 0.248 e. The van der Waals surface area contributed by atoms with Gasteiger partial charge in [-0.05, 0) is 51.2 Å². The SMILES string of the molecule is Cc1noc(C)c1S(=O)(=O)N1CCC(C(=O)NC(CC(C)C)c2nc3ccccc3[nH]2)CC1. The zero-order valence-corrected chi connectivity index (χ0v) is 20.3. The minimum absolute atomic E-state index is 0.0597. The second kappa shape index (κ2) is 9.26. The normalized spacial score (nSPS) is 17.0. The van der Waals surface area contributed by atoms with Crippen LogP contribution in [0.1, 0.15) is 56.4 Å². The summed E-state index contributed by atoms with van der Waals surface area (Å²) in [5.74, 6) is 1.09. The van der Waals surface area contributed by atoms with Crippen molar-refractivity contribution in [1.82, 2.24) is 24.7 Å². The molecule has 33 heavy (non-hydrogen) atoms. The van der Waals surface area contributed by atoms with Crippen molar-refractivity contribution < 1.29 is 17.7 Å². The fourth-order valence-electron chi connectivity index (χ4n) is 4.47. The largest absolute Gasteiger partial charge is 0.360 e. The molecule has 2 aromatic heterocycles. The van der Waals surface area contributed by atoms with E-state index in [0.717, 1.165) is 23.3 Å². The summed E-state index contributed by atoms with van der Waals surface area (Å²) < 4.78 is 32.6. The number of sulfonamides is 1. The van der Waals surface area contributed by atoms with Gasteiger partial charge >= 0.3 is 0 Å². The minimum atomic E-state index is -3.70. The van der Waals surface area contributed by atoms with E-state index in [2.05, 4.69) is 34.3 Å². The number of piperidine rings is 1. The summed E-state index contributed by atoms with van der Waals surface area (Å²) in [4.78, 5) is 21.3. The lowest BCUT2D eigenvalue weighted by Gasteiger charge is -2.31. The van der Waals surface area contributed by atoms with Crippen LogP contribution in [-0.4, -0.2) is 46.8 Å². The Morgan fingerprint density at radius 1 is 1.24 bits per heavy atom. The highest BCUT2D eigenvalue weighted by atomic mass is 32.2. The molecule has 1 aliphatic rings. The van der Waals surface area contributed by atoms with Crippen molar-refractivity contribution in [2.24, 2.45) is 11.8 Å². The number of aromatic amines is 1. The molecular weight excluding hydrogens is 442 g/mol. The number of aromatic nitrogens is 3. The Kier molecular flexibility index (Phi) is 6.58. The highest BCUT2D eigenvalue weighted by molar-refractivity contribution is 7.89. The minimum Gasteiger partial charge on any atom is -0.360 e. The lowest BCUT2D eigenvalue weighted by molar-refractivity contribution is -0.127. The number of imidazole rings is 1. The number of fused-ring (bicyclic) bond motifs is 1. The van der Waals surface area contributed by atoms with Crippen LogP contribution in [0.3, 0.4) is 0 Å². The fourth-order valence-corrected chi connectivity index (χ4v) is 6.23. The summed E-state index contributed by atoms with van der Waals surface area (Å²) >= 11 is 0. The number of H-pyrrole nitrogens is 1. The number of hydrogen-bond donors (Lipinski definition) is 2. The first kappa shape index (κ1) is 23.4. The van der Waals surface area contributed by atoms with Gasteiger partial charge in [0.15, 0.2) is 5.76 Å². The maximum atomic E-state index is 13.1. The number of carbonyl (C=O) groups is 1. The van der Waals surface area contributed by atoms with E-state index in [4.69, 9.17) is 4.52 Å². The Morgan fingerprint density at radius 3 is 2.55 bits per heavy atom. The van der Waals surface area contributed by atoms with Crippen molar-refractivity contribution in [3.05, 3.63) is 41.5 Å². The van der Waals surface area contributed by atoms with Crippen molar-refractivity contribution in [2.75, 3.05) is 13.1 Å².